The summed E-state index contributed by atoms with van der Waals surface area (Å²) in [6.07, 6.45) is 3.77. The zero-order valence-corrected chi connectivity index (χ0v) is 11.0. The molecule has 16 heavy (non-hydrogen) atoms. The molecule has 5 heteroatoms. The summed E-state index contributed by atoms with van der Waals surface area (Å²) in [5.74, 6) is 0.882. The molecule has 1 aromatic heterocycles. The smallest absolute Gasteiger partial charge is 0.172 e. The molecule has 3 nitrogen and oxygen atoms in total. The highest BCUT2D eigenvalue weighted by Gasteiger charge is 2.04. The van der Waals surface area contributed by atoms with Crippen molar-refractivity contribution in [1.29, 1.82) is 0 Å². The Morgan fingerprint density at radius 1 is 1.31 bits per heavy atom. The predicted octanol–water partition coefficient (Wildman–Crippen LogP) is 2.69. The van der Waals surface area contributed by atoms with Crippen molar-refractivity contribution in [2.45, 2.75) is 5.16 Å². The Bertz CT molecular complexity index is 453. The normalized spacial score (nSPS) is 10.6. The van der Waals surface area contributed by atoms with Crippen molar-refractivity contribution < 1.29 is 0 Å². The molecule has 0 aliphatic carbocycles. The van der Waals surface area contributed by atoms with Gasteiger partial charge in [-0.25, -0.2) is 4.98 Å². The molecule has 0 saturated carbocycles. The van der Waals surface area contributed by atoms with Crippen LogP contribution in [0.2, 0.25) is 0 Å². The van der Waals surface area contributed by atoms with Crippen molar-refractivity contribution >= 4 is 27.7 Å². The van der Waals surface area contributed by atoms with Gasteiger partial charge >= 0.3 is 0 Å². The third kappa shape index (κ3) is 2.66. The minimum Gasteiger partial charge on any atom is -0.330 e. The van der Waals surface area contributed by atoms with E-state index < -0.39 is 0 Å². The van der Waals surface area contributed by atoms with Gasteiger partial charge in [-0.1, -0.05) is 27.7 Å². The molecule has 1 aromatic carbocycles. The highest BCUT2D eigenvalue weighted by molar-refractivity contribution is 9.10. The van der Waals surface area contributed by atoms with Crippen molar-refractivity contribution in [3.05, 3.63) is 41.1 Å². The van der Waals surface area contributed by atoms with Crippen LogP contribution in [0.4, 0.5) is 0 Å². The van der Waals surface area contributed by atoms with Crippen LogP contribution in [0.1, 0.15) is 0 Å². The fraction of sp³-hybridized carbons (Fsp3) is 0.182. The second kappa shape index (κ2) is 5.52. The number of hydrogen-bond donors (Lipinski definition) is 1. The summed E-state index contributed by atoms with van der Waals surface area (Å²) in [6.45, 7) is 0.665. The standard InChI is InChI=1S/C11H12BrN3S/c12-9-1-3-10(4-2-9)15-7-6-14-11(15)16-8-5-13/h1-4,6-7H,5,8,13H2. The SMILES string of the molecule is NCCSc1nccn1-c1ccc(Br)cc1. The van der Waals surface area contributed by atoms with Crippen LogP contribution in [0.5, 0.6) is 0 Å². The van der Waals surface area contributed by atoms with Crippen LogP contribution in [0, 0.1) is 0 Å². The lowest BCUT2D eigenvalue weighted by molar-refractivity contribution is 0.894. The summed E-state index contributed by atoms with van der Waals surface area (Å²) in [5.41, 5.74) is 6.60. The van der Waals surface area contributed by atoms with Gasteiger partial charge in [0.05, 0.1) is 0 Å². The van der Waals surface area contributed by atoms with Gasteiger partial charge in [-0.15, -0.1) is 0 Å². The number of halogens is 1. The summed E-state index contributed by atoms with van der Waals surface area (Å²) in [7, 11) is 0. The van der Waals surface area contributed by atoms with E-state index in [0.717, 1.165) is 21.1 Å². The first-order valence-electron chi connectivity index (χ1n) is 4.93. The van der Waals surface area contributed by atoms with Gasteiger partial charge < -0.3 is 5.73 Å². The van der Waals surface area contributed by atoms with E-state index in [1.807, 2.05) is 18.3 Å². The monoisotopic (exact) mass is 297 g/mol. The number of rotatable bonds is 4. The molecule has 0 saturated heterocycles. The number of thioether (sulfide) groups is 1. The van der Waals surface area contributed by atoms with Crippen LogP contribution in [0.15, 0.2) is 46.3 Å². The van der Waals surface area contributed by atoms with Crippen molar-refractivity contribution in [1.82, 2.24) is 9.55 Å². The Kier molecular flexibility index (Phi) is 4.04. The molecule has 2 aromatic rings. The van der Waals surface area contributed by atoms with E-state index in [2.05, 4.69) is 37.6 Å². The number of benzene rings is 1. The molecular weight excluding hydrogens is 286 g/mol. The molecule has 0 aliphatic heterocycles. The first-order chi connectivity index (χ1) is 7.81. The van der Waals surface area contributed by atoms with Gasteiger partial charge in [0.2, 0.25) is 0 Å². The number of hydrogen-bond acceptors (Lipinski definition) is 3. The maximum absolute atomic E-state index is 5.49. The molecule has 0 aliphatic rings. The highest BCUT2D eigenvalue weighted by Crippen LogP contribution is 2.21. The lowest BCUT2D eigenvalue weighted by Crippen LogP contribution is -2.03. The summed E-state index contributed by atoms with van der Waals surface area (Å²) < 4.78 is 3.14. The zero-order chi connectivity index (χ0) is 11.4. The molecule has 84 valence electrons. The Morgan fingerprint density at radius 2 is 2.06 bits per heavy atom. The van der Waals surface area contributed by atoms with Crippen molar-refractivity contribution in [3.63, 3.8) is 0 Å². The molecule has 0 unspecified atom stereocenters. The van der Waals surface area contributed by atoms with Gasteiger partial charge in [-0.2, -0.15) is 0 Å². The number of aromatic nitrogens is 2. The van der Waals surface area contributed by atoms with Crippen molar-refractivity contribution in [2.24, 2.45) is 5.73 Å². The Hall–Kier alpha value is -0.780. The number of nitrogens with zero attached hydrogens (tertiary/aromatic N) is 2. The fourth-order valence-corrected chi connectivity index (χ4v) is 2.35. The lowest BCUT2D eigenvalue weighted by Gasteiger charge is -2.06. The van der Waals surface area contributed by atoms with E-state index in [9.17, 15) is 0 Å². The molecule has 0 amide bonds. The Labute approximate surface area is 107 Å². The maximum atomic E-state index is 5.49. The minimum absolute atomic E-state index is 0.665. The van der Waals surface area contributed by atoms with Crippen molar-refractivity contribution in [2.75, 3.05) is 12.3 Å². The predicted molar refractivity (Wildman–Crippen MR) is 71.0 cm³/mol. The van der Waals surface area contributed by atoms with Gasteiger partial charge in [0.1, 0.15) is 0 Å². The van der Waals surface area contributed by atoms with Gasteiger partial charge in [-0.05, 0) is 24.3 Å². The van der Waals surface area contributed by atoms with Gasteiger partial charge in [0, 0.05) is 34.9 Å². The highest BCUT2D eigenvalue weighted by atomic mass is 79.9. The van der Waals surface area contributed by atoms with Crippen LogP contribution in [0.3, 0.4) is 0 Å². The average Bonchev–Trinajstić information content (AvgIpc) is 2.75. The second-order valence-electron chi connectivity index (χ2n) is 3.19. The van der Waals surface area contributed by atoms with E-state index in [1.54, 1.807) is 18.0 Å². The molecule has 0 radical (unpaired) electrons. The molecule has 0 atom stereocenters. The molecule has 2 rings (SSSR count). The summed E-state index contributed by atoms with van der Waals surface area (Å²) in [5, 5.41) is 0.979. The molecule has 2 N–H and O–H groups in total. The average molecular weight is 298 g/mol. The zero-order valence-electron chi connectivity index (χ0n) is 8.64. The van der Waals surface area contributed by atoms with Crippen LogP contribution in [-0.4, -0.2) is 21.8 Å². The summed E-state index contributed by atoms with van der Waals surface area (Å²) >= 11 is 5.09. The third-order valence-electron chi connectivity index (χ3n) is 2.06. The Balaban J connectivity index is 2.26. The van der Waals surface area contributed by atoms with Crippen molar-refractivity contribution in [3.8, 4) is 5.69 Å². The van der Waals surface area contributed by atoms with E-state index >= 15 is 0 Å². The molecule has 0 spiro atoms. The first-order valence-corrected chi connectivity index (χ1v) is 6.71. The molecule has 0 bridgehead atoms. The van der Waals surface area contributed by atoms with Gasteiger partial charge in [-0.3, -0.25) is 4.57 Å². The fourth-order valence-electron chi connectivity index (χ4n) is 1.34. The Morgan fingerprint density at radius 3 is 2.75 bits per heavy atom. The minimum atomic E-state index is 0.665. The number of nitrogens with two attached hydrogens (primary N) is 1. The van der Waals surface area contributed by atoms with E-state index in [4.69, 9.17) is 5.73 Å². The van der Waals surface area contributed by atoms with Crippen LogP contribution in [0.25, 0.3) is 5.69 Å². The summed E-state index contributed by atoms with van der Waals surface area (Å²) in [6, 6.07) is 8.15. The molecular formula is C11H12BrN3S. The quantitative estimate of drug-likeness (QED) is 0.883. The molecule has 0 fully saturated rings. The third-order valence-corrected chi connectivity index (χ3v) is 3.59. The summed E-state index contributed by atoms with van der Waals surface area (Å²) in [4.78, 5) is 4.31. The number of imidazole rings is 1. The maximum Gasteiger partial charge on any atom is 0.172 e. The van der Waals surface area contributed by atoms with E-state index in [-0.39, 0.29) is 0 Å². The second-order valence-corrected chi connectivity index (χ2v) is 5.17. The molecule has 1 heterocycles. The van der Waals surface area contributed by atoms with E-state index in [1.165, 1.54) is 0 Å². The van der Waals surface area contributed by atoms with E-state index in [0.29, 0.717) is 6.54 Å². The first kappa shape index (κ1) is 11.7. The largest absolute Gasteiger partial charge is 0.330 e. The van der Waals surface area contributed by atoms with Crippen LogP contribution in [-0.2, 0) is 0 Å². The van der Waals surface area contributed by atoms with Crippen LogP contribution < -0.4 is 5.73 Å². The van der Waals surface area contributed by atoms with Gasteiger partial charge in [0.25, 0.3) is 0 Å². The van der Waals surface area contributed by atoms with Gasteiger partial charge in [0.15, 0.2) is 5.16 Å². The topological polar surface area (TPSA) is 43.8 Å². The van der Waals surface area contributed by atoms with Crippen LogP contribution >= 0.6 is 27.7 Å². The lowest BCUT2D eigenvalue weighted by atomic mass is 10.3.